The van der Waals surface area contributed by atoms with Crippen molar-refractivity contribution in [3.8, 4) is 5.88 Å². The van der Waals surface area contributed by atoms with Crippen molar-refractivity contribution in [2.75, 3.05) is 6.61 Å². The molecule has 1 rings (SSSR count). The van der Waals surface area contributed by atoms with E-state index >= 15 is 0 Å². The van der Waals surface area contributed by atoms with Crippen LogP contribution in [0.25, 0.3) is 0 Å². The average molecular weight is 220 g/mol. The van der Waals surface area contributed by atoms with Crippen LogP contribution in [-0.2, 0) is 17.9 Å². The van der Waals surface area contributed by atoms with E-state index in [-0.39, 0.29) is 29.5 Å². The van der Waals surface area contributed by atoms with Gasteiger partial charge in [-0.25, -0.2) is 4.98 Å². The maximum atomic E-state index is 11.3. The predicted octanol–water partition coefficient (Wildman–Crippen LogP) is -1.75. The molecule has 6 heteroatoms. The molecule has 1 aromatic rings. The molecule has 0 aliphatic rings. The number of ether oxygens (including phenoxy) is 1. The van der Waals surface area contributed by atoms with Crippen molar-refractivity contribution in [3.63, 3.8) is 0 Å². The molecule has 4 nitrogen and oxygen atoms in total. The maximum absolute atomic E-state index is 11.3. The molecule has 0 spiro atoms. The van der Waals surface area contributed by atoms with Crippen LogP contribution < -0.4 is 24.0 Å². The first-order chi connectivity index (χ1) is 6.69. The molecule has 0 bridgehead atoms. The SMILES string of the molecule is CCOCn1cc(CC)c([O-])nc1=S.[Li+]. The molecule has 0 N–H and O–H groups in total. The van der Waals surface area contributed by atoms with Gasteiger partial charge in [0.2, 0.25) is 4.77 Å². The van der Waals surface area contributed by atoms with Crippen molar-refractivity contribution in [2.24, 2.45) is 0 Å². The monoisotopic (exact) mass is 220 g/mol. The Labute approximate surface area is 106 Å². The predicted molar refractivity (Wildman–Crippen MR) is 53.5 cm³/mol. The van der Waals surface area contributed by atoms with Crippen molar-refractivity contribution in [1.82, 2.24) is 9.55 Å². The molecular weight excluding hydrogens is 207 g/mol. The van der Waals surface area contributed by atoms with E-state index in [9.17, 15) is 5.11 Å². The molecule has 0 aromatic carbocycles. The summed E-state index contributed by atoms with van der Waals surface area (Å²) < 4.78 is 7.14. The first kappa shape index (κ1) is 14.7. The second-order valence-corrected chi connectivity index (χ2v) is 3.16. The van der Waals surface area contributed by atoms with Gasteiger partial charge in [-0.15, -0.1) is 0 Å². The van der Waals surface area contributed by atoms with Gasteiger partial charge in [0.1, 0.15) is 6.73 Å². The van der Waals surface area contributed by atoms with Crippen LogP contribution in [0.2, 0.25) is 0 Å². The third kappa shape index (κ3) is 3.96. The molecule has 15 heavy (non-hydrogen) atoms. The van der Waals surface area contributed by atoms with Crippen molar-refractivity contribution < 1.29 is 28.7 Å². The fourth-order valence-corrected chi connectivity index (χ4v) is 1.23. The zero-order valence-corrected chi connectivity index (χ0v) is 10.1. The largest absolute Gasteiger partial charge is 1.00 e. The Bertz CT molecular complexity index is 368. The molecule has 0 atom stereocenters. The standard InChI is InChI=1S/C9H14N2O2S.Li/c1-3-7-5-11(6-13-4-2)9(14)10-8(7)12;/h5H,3-4,6H2,1-2H3,(H,10,12,14);/q;+1/p-1. The van der Waals surface area contributed by atoms with Gasteiger partial charge < -0.3 is 9.84 Å². The summed E-state index contributed by atoms with van der Waals surface area (Å²) in [6.45, 7) is 4.78. The van der Waals surface area contributed by atoms with Crippen LogP contribution in [0.4, 0.5) is 0 Å². The minimum absolute atomic E-state index is 0. The Hall–Kier alpha value is -0.343. The smallest absolute Gasteiger partial charge is 0.858 e. The quantitative estimate of drug-likeness (QED) is 0.446. The fourth-order valence-electron chi connectivity index (χ4n) is 1.05. The molecule has 0 amide bonds. The zero-order valence-electron chi connectivity index (χ0n) is 9.32. The summed E-state index contributed by atoms with van der Waals surface area (Å²) >= 11 is 4.93. The van der Waals surface area contributed by atoms with E-state index in [4.69, 9.17) is 17.0 Å². The van der Waals surface area contributed by atoms with Crippen LogP contribution in [0.5, 0.6) is 5.88 Å². The van der Waals surface area contributed by atoms with E-state index in [0.29, 0.717) is 25.3 Å². The van der Waals surface area contributed by atoms with Crippen LogP contribution in [0.3, 0.4) is 0 Å². The number of nitrogens with zero attached hydrogens (tertiary/aromatic N) is 2. The molecule has 0 aliphatic heterocycles. The summed E-state index contributed by atoms with van der Waals surface area (Å²) in [7, 11) is 0. The first-order valence-corrected chi connectivity index (χ1v) is 4.95. The van der Waals surface area contributed by atoms with Crippen molar-refractivity contribution >= 4 is 12.2 Å². The van der Waals surface area contributed by atoms with E-state index in [1.54, 1.807) is 10.8 Å². The molecule has 0 saturated carbocycles. The minimum Gasteiger partial charge on any atom is -0.858 e. The molecule has 0 aliphatic carbocycles. The van der Waals surface area contributed by atoms with E-state index < -0.39 is 0 Å². The van der Waals surface area contributed by atoms with Gasteiger partial charge in [-0.2, -0.15) is 0 Å². The van der Waals surface area contributed by atoms with Gasteiger partial charge in [0.15, 0.2) is 0 Å². The van der Waals surface area contributed by atoms with Gasteiger partial charge in [0.25, 0.3) is 0 Å². The Balaban J connectivity index is 0.00000196. The first-order valence-electron chi connectivity index (χ1n) is 4.54. The summed E-state index contributed by atoms with van der Waals surface area (Å²) in [6.07, 6.45) is 2.38. The van der Waals surface area contributed by atoms with Crippen molar-refractivity contribution in [3.05, 3.63) is 16.5 Å². The van der Waals surface area contributed by atoms with Crippen LogP contribution in [0.15, 0.2) is 6.20 Å². The maximum Gasteiger partial charge on any atom is 1.00 e. The summed E-state index contributed by atoms with van der Waals surface area (Å²) in [4.78, 5) is 3.74. The summed E-state index contributed by atoms with van der Waals surface area (Å²) in [5, 5.41) is 11.3. The van der Waals surface area contributed by atoms with E-state index in [0.717, 1.165) is 0 Å². The molecule has 1 heterocycles. The van der Waals surface area contributed by atoms with Crippen LogP contribution in [0.1, 0.15) is 19.4 Å². The summed E-state index contributed by atoms with van der Waals surface area (Å²) in [5.41, 5.74) is 0.665. The number of aromatic nitrogens is 2. The number of aryl methyl sites for hydroxylation is 1. The fraction of sp³-hybridized carbons (Fsp3) is 0.556. The van der Waals surface area contributed by atoms with Gasteiger partial charge >= 0.3 is 18.9 Å². The molecule has 78 valence electrons. The minimum atomic E-state index is -0.231. The van der Waals surface area contributed by atoms with Gasteiger partial charge in [-0.3, -0.25) is 4.57 Å². The van der Waals surface area contributed by atoms with Gasteiger partial charge in [0, 0.05) is 12.8 Å². The van der Waals surface area contributed by atoms with Crippen LogP contribution in [0, 0.1) is 4.77 Å². The molecule has 0 unspecified atom stereocenters. The van der Waals surface area contributed by atoms with Crippen molar-refractivity contribution in [1.29, 1.82) is 0 Å². The zero-order chi connectivity index (χ0) is 10.6. The molecular formula is C9H13LiN2O2S. The Morgan fingerprint density at radius 2 is 2.20 bits per heavy atom. The van der Waals surface area contributed by atoms with E-state index in [2.05, 4.69) is 4.98 Å². The number of hydrogen-bond acceptors (Lipinski definition) is 4. The van der Waals surface area contributed by atoms with Crippen molar-refractivity contribution in [2.45, 2.75) is 27.0 Å². The molecule has 0 radical (unpaired) electrons. The summed E-state index contributed by atoms with van der Waals surface area (Å²) in [5.74, 6) is -0.231. The summed E-state index contributed by atoms with van der Waals surface area (Å²) in [6, 6.07) is 0. The van der Waals surface area contributed by atoms with Gasteiger partial charge in [-0.1, -0.05) is 6.92 Å². The van der Waals surface area contributed by atoms with Crippen LogP contribution in [-0.4, -0.2) is 16.2 Å². The Kier molecular flexibility index (Phi) is 6.86. The number of rotatable bonds is 4. The second kappa shape index (κ2) is 7.02. The van der Waals surface area contributed by atoms with E-state index in [1.165, 1.54) is 0 Å². The second-order valence-electron chi connectivity index (χ2n) is 2.80. The average Bonchev–Trinajstić information content (AvgIpc) is 2.17. The third-order valence-electron chi connectivity index (χ3n) is 1.84. The molecule has 0 fully saturated rings. The number of hydrogen-bond donors (Lipinski definition) is 0. The third-order valence-corrected chi connectivity index (χ3v) is 2.17. The molecule has 0 saturated heterocycles. The van der Waals surface area contributed by atoms with Gasteiger partial charge in [-0.05, 0) is 37.0 Å². The molecule has 1 aromatic heterocycles. The Morgan fingerprint density at radius 3 is 2.73 bits per heavy atom. The Morgan fingerprint density at radius 1 is 1.53 bits per heavy atom. The normalized spacial score (nSPS) is 9.73. The topological polar surface area (TPSA) is 50.1 Å². The van der Waals surface area contributed by atoms with Gasteiger partial charge in [0.05, 0.1) is 0 Å². The van der Waals surface area contributed by atoms with Crippen LogP contribution >= 0.6 is 12.2 Å². The van der Waals surface area contributed by atoms with E-state index in [1.807, 2.05) is 13.8 Å².